The van der Waals surface area contributed by atoms with Gasteiger partial charge in [-0.2, -0.15) is 0 Å². The molecule has 17 rings (SSSR count). The van der Waals surface area contributed by atoms with Crippen LogP contribution in [0.15, 0.2) is 300 Å². The van der Waals surface area contributed by atoms with Crippen LogP contribution in [0.3, 0.4) is 0 Å². The number of furan rings is 2. The fourth-order valence-corrected chi connectivity index (χ4v) is 15.1. The van der Waals surface area contributed by atoms with Crippen LogP contribution >= 0.6 is 0 Å². The molecule has 1 aliphatic carbocycles. The van der Waals surface area contributed by atoms with Crippen molar-refractivity contribution in [1.29, 1.82) is 0 Å². The molecule has 0 radical (unpaired) electrons. The Kier molecular flexibility index (Phi) is 12.0. The second-order valence-corrected chi connectivity index (χ2v) is 24.1. The van der Waals surface area contributed by atoms with Gasteiger partial charge >= 0.3 is 0 Å². The van der Waals surface area contributed by atoms with E-state index in [0.717, 1.165) is 122 Å². The summed E-state index contributed by atoms with van der Waals surface area (Å²) in [6.45, 7) is 8.85. The maximum Gasteiger partial charge on any atom is 0.159 e. The highest BCUT2D eigenvalue weighted by molar-refractivity contribution is 6.21. The number of anilines is 6. The lowest BCUT2D eigenvalue weighted by molar-refractivity contribution is 0.670. The van der Waals surface area contributed by atoms with Crippen molar-refractivity contribution in [2.75, 3.05) is 9.80 Å². The van der Waals surface area contributed by atoms with Crippen molar-refractivity contribution >= 4 is 99.5 Å². The Labute approximate surface area is 517 Å². The summed E-state index contributed by atoms with van der Waals surface area (Å²) >= 11 is 0. The molecule has 0 atom stereocenters. The Morgan fingerprint density at radius 2 is 0.596 bits per heavy atom. The van der Waals surface area contributed by atoms with Crippen LogP contribution in [0.1, 0.15) is 44.5 Å². The average molecular weight is 1140 g/mol. The highest BCUT2D eigenvalue weighted by atomic mass is 16.3. The summed E-state index contributed by atoms with van der Waals surface area (Å²) in [5, 5.41) is 8.87. The smallest absolute Gasteiger partial charge is 0.159 e. The van der Waals surface area contributed by atoms with Gasteiger partial charge in [0.15, 0.2) is 11.2 Å². The van der Waals surface area contributed by atoms with E-state index in [1.807, 2.05) is 0 Å². The molecule has 0 saturated heterocycles. The molecule has 2 aromatic heterocycles. The highest BCUT2D eigenvalue weighted by Crippen LogP contribution is 2.63. The first kappa shape index (κ1) is 52.2. The predicted octanol–water partition coefficient (Wildman–Crippen LogP) is 23.7. The van der Waals surface area contributed by atoms with E-state index in [2.05, 4.69) is 329 Å². The largest absolute Gasteiger partial charge is 0.453 e. The van der Waals surface area contributed by atoms with Gasteiger partial charge in [-0.25, -0.2) is 0 Å². The molecular weight excluding hydrogens is 1080 g/mol. The van der Waals surface area contributed by atoms with Crippen LogP contribution in [-0.4, -0.2) is 0 Å². The lowest BCUT2D eigenvalue weighted by Gasteiger charge is -2.36. The monoisotopic (exact) mass is 1140 g/mol. The van der Waals surface area contributed by atoms with Crippen molar-refractivity contribution in [2.24, 2.45) is 0 Å². The number of para-hydroxylation sites is 4. The molecule has 0 fully saturated rings. The van der Waals surface area contributed by atoms with Crippen molar-refractivity contribution in [2.45, 2.75) is 33.1 Å². The first-order valence-electron chi connectivity index (χ1n) is 30.8. The summed E-state index contributed by atoms with van der Waals surface area (Å²) in [5.74, 6) is 0. The van der Waals surface area contributed by atoms with E-state index >= 15 is 0 Å². The first-order valence-corrected chi connectivity index (χ1v) is 30.8. The van der Waals surface area contributed by atoms with Crippen LogP contribution in [0.5, 0.6) is 0 Å². The summed E-state index contributed by atoms with van der Waals surface area (Å²) in [5.41, 5.74) is 25.0. The molecule has 16 aromatic rings. The molecule has 4 nitrogen and oxygen atoms in total. The molecule has 0 saturated carbocycles. The number of hydrogen-bond acceptors (Lipinski definition) is 4. The number of hydrogen-bond donors (Lipinski definition) is 0. The van der Waals surface area contributed by atoms with E-state index in [-0.39, 0.29) is 0 Å². The van der Waals surface area contributed by atoms with E-state index in [4.69, 9.17) is 8.83 Å². The molecule has 0 unspecified atom stereocenters. The molecular formula is C85H60N2O2. The Morgan fingerprint density at radius 1 is 0.258 bits per heavy atom. The zero-order valence-electron chi connectivity index (χ0n) is 49.9. The van der Waals surface area contributed by atoms with Gasteiger partial charge < -0.3 is 18.6 Å². The van der Waals surface area contributed by atoms with Crippen molar-refractivity contribution < 1.29 is 8.83 Å². The van der Waals surface area contributed by atoms with Crippen LogP contribution in [-0.2, 0) is 5.41 Å². The van der Waals surface area contributed by atoms with Crippen LogP contribution in [0.4, 0.5) is 34.1 Å². The molecule has 422 valence electrons. The summed E-state index contributed by atoms with van der Waals surface area (Å²) in [4.78, 5) is 4.99. The number of rotatable bonds is 10. The van der Waals surface area contributed by atoms with E-state index in [0.29, 0.717) is 0 Å². The van der Waals surface area contributed by atoms with Crippen molar-refractivity contribution in [3.05, 3.63) is 336 Å². The van der Waals surface area contributed by atoms with Gasteiger partial charge in [0.25, 0.3) is 0 Å². The molecule has 0 N–H and O–H groups in total. The number of benzene rings is 14. The quantitative estimate of drug-likeness (QED) is 0.137. The minimum atomic E-state index is -0.862. The molecule has 14 aromatic carbocycles. The maximum atomic E-state index is 7.38. The van der Waals surface area contributed by atoms with Crippen molar-refractivity contribution in [3.63, 3.8) is 0 Å². The normalized spacial score (nSPS) is 12.6. The fourth-order valence-electron chi connectivity index (χ4n) is 15.1. The Bertz CT molecular complexity index is 5150. The van der Waals surface area contributed by atoms with E-state index < -0.39 is 5.41 Å². The average Bonchev–Trinajstić information content (AvgIpc) is 1.53. The van der Waals surface area contributed by atoms with Gasteiger partial charge in [-0.1, -0.05) is 266 Å². The molecule has 0 bridgehead atoms. The lowest BCUT2D eigenvalue weighted by atomic mass is 9.67. The topological polar surface area (TPSA) is 32.8 Å². The molecule has 1 aliphatic rings. The van der Waals surface area contributed by atoms with Gasteiger partial charge in [0, 0.05) is 54.8 Å². The zero-order chi connectivity index (χ0) is 59.5. The second-order valence-electron chi connectivity index (χ2n) is 24.1. The second kappa shape index (κ2) is 20.5. The predicted molar refractivity (Wildman–Crippen MR) is 373 cm³/mol. The van der Waals surface area contributed by atoms with Crippen molar-refractivity contribution in [3.8, 4) is 33.4 Å². The zero-order valence-corrected chi connectivity index (χ0v) is 49.9. The molecule has 0 amide bonds. The highest BCUT2D eigenvalue weighted by Gasteiger charge is 2.49. The van der Waals surface area contributed by atoms with Gasteiger partial charge in [0.2, 0.25) is 0 Å². The van der Waals surface area contributed by atoms with Gasteiger partial charge in [-0.3, -0.25) is 0 Å². The van der Waals surface area contributed by atoms with Crippen LogP contribution in [0.2, 0.25) is 0 Å². The van der Waals surface area contributed by atoms with Crippen LogP contribution in [0, 0.1) is 27.7 Å². The fraction of sp³-hybridized carbons (Fsp3) is 0.0588. The van der Waals surface area contributed by atoms with E-state index in [9.17, 15) is 0 Å². The lowest BCUT2D eigenvalue weighted by Crippen LogP contribution is -2.29. The molecule has 0 aliphatic heterocycles. The van der Waals surface area contributed by atoms with E-state index in [1.165, 1.54) is 55.3 Å². The molecule has 4 heteroatoms. The Morgan fingerprint density at radius 3 is 0.989 bits per heavy atom. The number of aryl methyl sites for hydroxylation is 4. The summed E-state index contributed by atoms with van der Waals surface area (Å²) in [6.07, 6.45) is 0. The van der Waals surface area contributed by atoms with Gasteiger partial charge in [-0.15, -0.1) is 0 Å². The molecule has 2 heterocycles. The number of fused-ring (bicyclic) bond motifs is 13. The minimum Gasteiger partial charge on any atom is -0.453 e. The third-order valence-corrected chi connectivity index (χ3v) is 18.8. The maximum absolute atomic E-state index is 7.38. The van der Waals surface area contributed by atoms with Crippen LogP contribution < -0.4 is 9.80 Å². The molecule has 89 heavy (non-hydrogen) atoms. The third-order valence-electron chi connectivity index (χ3n) is 18.8. The Hall–Kier alpha value is -11.2. The van der Waals surface area contributed by atoms with Gasteiger partial charge in [-0.05, 0) is 131 Å². The minimum absolute atomic E-state index is 0.828. The third kappa shape index (κ3) is 7.93. The van der Waals surface area contributed by atoms with Gasteiger partial charge in [0.1, 0.15) is 11.2 Å². The van der Waals surface area contributed by atoms with Crippen LogP contribution in [0.25, 0.3) is 98.8 Å². The SMILES string of the molecule is Cc1ccc(N(c2cc3c(c4ccccc24)-c2c(cc(N(c4ccc(C)cc4C)c4cccc5c4oc4c(-c6ccccc6)cccc45)c4ccccc24)C3(c2ccccc2)c2ccccc2)c2cccc3c2oc2c(-c4ccccc4)cccc23)c(C)c1. The standard InChI is InChI=1S/C85H60N2O2/c1-53-45-47-73(55(3)49-53)86(75-43-23-41-69-67-39-21-37-61(81(67)88-83(69)75)57-25-9-5-10-26-57)77-51-71-79(65-35-19-17-33-63(65)77)80-66-36-20-18-34-64(66)78(52-72(80)85(71,59-29-13-7-14-30-59)60-31-15-8-16-32-60)87(74-48-46-54(2)50-56(74)4)76-44-24-42-70-68-40-22-38-62(82(68)89-84(70)76)58-27-11-6-12-28-58/h5-52H,1-4H3. The summed E-state index contributed by atoms with van der Waals surface area (Å²) in [7, 11) is 0. The Balaban J connectivity index is 0.999. The number of nitrogens with zero attached hydrogens (tertiary/aromatic N) is 2. The van der Waals surface area contributed by atoms with E-state index in [1.54, 1.807) is 0 Å². The molecule has 0 spiro atoms. The summed E-state index contributed by atoms with van der Waals surface area (Å²) < 4.78 is 14.8. The summed E-state index contributed by atoms with van der Waals surface area (Å²) in [6, 6.07) is 107. The van der Waals surface area contributed by atoms with Crippen molar-refractivity contribution in [1.82, 2.24) is 0 Å². The first-order chi connectivity index (χ1) is 43.8. The van der Waals surface area contributed by atoms with Gasteiger partial charge in [0.05, 0.1) is 28.2 Å².